The van der Waals surface area contributed by atoms with E-state index < -0.39 is 0 Å². The number of aromatic nitrogens is 1. The molecule has 0 saturated carbocycles. The van der Waals surface area contributed by atoms with Crippen molar-refractivity contribution in [2.24, 2.45) is 0 Å². The molecule has 0 bridgehead atoms. The van der Waals surface area contributed by atoms with Gasteiger partial charge in [-0.15, -0.1) is 0 Å². The van der Waals surface area contributed by atoms with Crippen molar-refractivity contribution in [3.8, 4) is 22.8 Å². The Morgan fingerprint density at radius 1 is 0.829 bits per heavy atom. The molecule has 2 saturated heterocycles. The van der Waals surface area contributed by atoms with Crippen LogP contribution in [0, 0.1) is 0 Å². The summed E-state index contributed by atoms with van der Waals surface area (Å²) in [5, 5.41) is 2.78. The number of rotatable bonds is 7. The van der Waals surface area contributed by atoms with E-state index in [9.17, 15) is 9.59 Å². The molecule has 1 aromatic heterocycles. The van der Waals surface area contributed by atoms with Gasteiger partial charge in [0, 0.05) is 76.1 Å². The maximum absolute atomic E-state index is 13.9. The average Bonchev–Trinajstić information content (AvgIpc) is 3.42. The fourth-order valence-corrected chi connectivity index (χ4v) is 5.24. The first kappa shape index (κ1) is 29.0. The van der Waals surface area contributed by atoms with E-state index in [1.165, 1.54) is 12.5 Å². The zero-order chi connectivity index (χ0) is 29.0. The Balaban J connectivity index is 1.35. The molecule has 1 N–H and O–H groups in total. The van der Waals surface area contributed by atoms with Gasteiger partial charge in [-0.05, 0) is 47.4 Å². The SMILES string of the molecule is CC(=O)Nc1ccc(-c2oc(-c3ccc(C(C)(C)C)cc3)nc2C(=O)N2CCN(CCN3CCOCC3)CC2)cc1. The highest BCUT2D eigenvalue weighted by Gasteiger charge is 2.29. The molecule has 2 aromatic carbocycles. The van der Waals surface area contributed by atoms with Crippen LogP contribution >= 0.6 is 0 Å². The molecule has 2 aliphatic rings. The first-order valence-corrected chi connectivity index (χ1v) is 14.5. The van der Waals surface area contributed by atoms with Gasteiger partial charge in [0.05, 0.1) is 13.2 Å². The van der Waals surface area contributed by atoms with Crippen molar-refractivity contribution in [3.63, 3.8) is 0 Å². The lowest BCUT2D eigenvalue weighted by Crippen LogP contribution is -2.51. The van der Waals surface area contributed by atoms with Gasteiger partial charge in [0.1, 0.15) is 0 Å². The number of carbonyl (C=O) groups is 2. The summed E-state index contributed by atoms with van der Waals surface area (Å²) in [6.45, 7) is 16.5. The van der Waals surface area contributed by atoms with Gasteiger partial charge in [-0.2, -0.15) is 0 Å². The van der Waals surface area contributed by atoms with Crippen molar-refractivity contribution in [2.75, 3.05) is 70.9 Å². The van der Waals surface area contributed by atoms with E-state index in [4.69, 9.17) is 14.1 Å². The molecule has 2 amide bonds. The third-order valence-electron chi connectivity index (χ3n) is 7.79. The molecule has 5 rings (SSSR count). The normalized spacial score (nSPS) is 17.0. The number of anilines is 1. The zero-order valence-electron chi connectivity index (χ0n) is 24.6. The van der Waals surface area contributed by atoms with E-state index >= 15 is 0 Å². The van der Waals surface area contributed by atoms with Crippen LogP contribution in [0.2, 0.25) is 0 Å². The third-order valence-corrected chi connectivity index (χ3v) is 7.79. The maximum atomic E-state index is 13.9. The van der Waals surface area contributed by atoms with Gasteiger partial charge in [-0.1, -0.05) is 32.9 Å². The lowest BCUT2D eigenvalue weighted by atomic mass is 9.87. The van der Waals surface area contributed by atoms with E-state index in [0.29, 0.717) is 36.1 Å². The number of oxazole rings is 1. The Bertz CT molecular complexity index is 1330. The van der Waals surface area contributed by atoms with Crippen LogP contribution in [0.15, 0.2) is 52.9 Å². The van der Waals surface area contributed by atoms with Gasteiger partial charge in [0.15, 0.2) is 11.5 Å². The van der Waals surface area contributed by atoms with Crippen molar-refractivity contribution in [3.05, 3.63) is 59.8 Å². The van der Waals surface area contributed by atoms with Crippen molar-refractivity contribution in [1.82, 2.24) is 19.7 Å². The molecule has 0 spiro atoms. The Morgan fingerprint density at radius 3 is 2.00 bits per heavy atom. The number of carbonyl (C=O) groups excluding carboxylic acids is 2. The molecule has 0 unspecified atom stereocenters. The molecule has 9 heteroatoms. The zero-order valence-corrected chi connectivity index (χ0v) is 24.6. The molecular weight excluding hydrogens is 518 g/mol. The summed E-state index contributed by atoms with van der Waals surface area (Å²) in [6, 6.07) is 15.5. The number of nitrogens with one attached hydrogen (secondary N) is 1. The molecule has 41 heavy (non-hydrogen) atoms. The van der Waals surface area contributed by atoms with E-state index in [2.05, 4.69) is 48.0 Å². The van der Waals surface area contributed by atoms with Gasteiger partial charge in [-0.25, -0.2) is 4.98 Å². The summed E-state index contributed by atoms with van der Waals surface area (Å²) in [5.74, 6) is 0.589. The highest BCUT2D eigenvalue weighted by atomic mass is 16.5. The highest BCUT2D eigenvalue weighted by molar-refractivity contribution is 5.98. The minimum absolute atomic E-state index is 0.0292. The minimum atomic E-state index is -0.140. The third kappa shape index (κ3) is 7.22. The maximum Gasteiger partial charge on any atom is 0.276 e. The Kier molecular flexibility index (Phi) is 8.87. The quantitative estimate of drug-likeness (QED) is 0.460. The van der Waals surface area contributed by atoms with E-state index in [0.717, 1.165) is 63.6 Å². The molecule has 2 fully saturated rings. The fourth-order valence-electron chi connectivity index (χ4n) is 5.24. The Morgan fingerprint density at radius 2 is 1.41 bits per heavy atom. The van der Waals surface area contributed by atoms with Crippen LogP contribution in [0.5, 0.6) is 0 Å². The van der Waals surface area contributed by atoms with E-state index in [-0.39, 0.29) is 17.2 Å². The molecule has 0 aliphatic carbocycles. The minimum Gasteiger partial charge on any atom is -0.435 e. The predicted octanol–water partition coefficient (Wildman–Crippen LogP) is 4.35. The van der Waals surface area contributed by atoms with Crippen LogP contribution in [0.3, 0.4) is 0 Å². The van der Waals surface area contributed by atoms with Gasteiger partial charge < -0.3 is 19.4 Å². The monoisotopic (exact) mass is 559 g/mol. The second-order valence-electron chi connectivity index (χ2n) is 11.9. The van der Waals surface area contributed by atoms with Crippen molar-refractivity contribution < 1.29 is 18.7 Å². The molecule has 3 heterocycles. The number of benzene rings is 2. The molecule has 3 aromatic rings. The topological polar surface area (TPSA) is 91.1 Å². The highest BCUT2D eigenvalue weighted by Crippen LogP contribution is 2.33. The van der Waals surface area contributed by atoms with Crippen LogP contribution in [0.4, 0.5) is 5.69 Å². The number of nitrogens with zero attached hydrogens (tertiary/aromatic N) is 4. The summed E-state index contributed by atoms with van der Waals surface area (Å²) in [5.41, 5.74) is 3.79. The number of hydrogen-bond acceptors (Lipinski definition) is 7. The number of hydrogen-bond donors (Lipinski definition) is 1. The standard InChI is InChI=1S/C32H41N5O4/c1-23(38)33-27-11-7-24(8-12-27)29-28(34-30(41-29)25-5-9-26(10-6-25)32(2,3)4)31(39)37-17-15-35(16-18-37)13-14-36-19-21-40-22-20-36/h5-12H,13-22H2,1-4H3,(H,33,38). The van der Waals surface area contributed by atoms with Crippen LogP contribution in [-0.2, 0) is 14.9 Å². The molecule has 9 nitrogen and oxygen atoms in total. The smallest absolute Gasteiger partial charge is 0.276 e. The number of ether oxygens (including phenoxy) is 1. The summed E-state index contributed by atoms with van der Waals surface area (Å²) in [7, 11) is 0. The van der Waals surface area contributed by atoms with Crippen molar-refractivity contribution >= 4 is 17.5 Å². The lowest BCUT2D eigenvalue weighted by molar-refractivity contribution is -0.114. The van der Waals surface area contributed by atoms with Crippen molar-refractivity contribution in [1.29, 1.82) is 0 Å². The summed E-state index contributed by atoms with van der Waals surface area (Å²) < 4.78 is 11.8. The lowest BCUT2D eigenvalue weighted by Gasteiger charge is -2.36. The predicted molar refractivity (Wildman–Crippen MR) is 160 cm³/mol. The Labute approximate surface area is 242 Å². The summed E-state index contributed by atoms with van der Waals surface area (Å²) in [4.78, 5) is 36.8. The molecule has 2 aliphatic heterocycles. The number of morpholine rings is 1. The van der Waals surface area contributed by atoms with Crippen LogP contribution in [0.25, 0.3) is 22.8 Å². The van der Waals surface area contributed by atoms with E-state index in [1.54, 1.807) is 12.1 Å². The molecule has 0 radical (unpaired) electrons. The van der Waals surface area contributed by atoms with Gasteiger partial charge in [0.25, 0.3) is 5.91 Å². The fraction of sp³-hybridized carbons (Fsp3) is 0.469. The van der Waals surface area contributed by atoms with Crippen molar-refractivity contribution in [2.45, 2.75) is 33.1 Å². The van der Waals surface area contributed by atoms with Crippen LogP contribution < -0.4 is 5.32 Å². The van der Waals surface area contributed by atoms with E-state index in [1.807, 2.05) is 29.2 Å². The summed E-state index contributed by atoms with van der Waals surface area (Å²) in [6.07, 6.45) is 0. The first-order valence-electron chi connectivity index (χ1n) is 14.5. The van der Waals surface area contributed by atoms with Gasteiger partial charge in [-0.3, -0.25) is 19.4 Å². The second-order valence-corrected chi connectivity index (χ2v) is 11.9. The van der Waals surface area contributed by atoms with Crippen LogP contribution in [0.1, 0.15) is 43.7 Å². The largest absolute Gasteiger partial charge is 0.435 e. The summed E-state index contributed by atoms with van der Waals surface area (Å²) >= 11 is 0. The number of piperazine rings is 1. The van der Waals surface area contributed by atoms with Gasteiger partial charge in [0.2, 0.25) is 11.8 Å². The second kappa shape index (κ2) is 12.5. The van der Waals surface area contributed by atoms with Crippen LogP contribution in [-0.4, -0.2) is 97.1 Å². The van der Waals surface area contributed by atoms with Gasteiger partial charge >= 0.3 is 0 Å². The average molecular weight is 560 g/mol. The first-order chi connectivity index (χ1) is 19.7. The molecule has 218 valence electrons. The molecular formula is C32H41N5O4. The Hall–Kier alpha value is -3.53. The number of amides is 2. The molecule has 0 atom stereocenters.